The fourth-order valence-corrected chi connectivity index (χ4v) is 3.38. The van der Waals surface area contributed by atoms with Gasteiger partial charge in [0.2, 0.25) is 0 Å². The van der Waals surface area contributed by atoms with E-state index >= 15 is 0 Å². The second-order valence-electron chi connectivity index (χ2n) is 4.90. The van der Waals surface area contributed by atoms with Crippen molar-refractivity contribution in [1.29, 1.82) is 0 Å². The number of hydroxylamine groups is 1. The minimum absolute atomic E-state index is 0.0115. The largest absolute Gasteiger partial charge is 0.457 e. The summed E-state index contributed by atoms with van der Waals surface area (Å²) in [6, 6.07) is 10.3. The Hall–Kier alpha value is -1.64. The summed E-state index contributed by atoms with van der Waals surface area (Å²) in [4.78, 5) is 16.8. The number of sulfonamides is 1. The molecule has 2 aromatic rings. The third-order valence-electron chi connectivity index (χ3n) is 3.39. The number of hydrogen-bond donors (Lipinski definition) is 0. The Balaban J connectivity index is 2.11. The summed E-state index contributed by atoms with van der Waals surface area (Å²) in [6.45, 7) is -0.0934. The van der Waals surface area contributed by atoms with Crippen molar-refractivity contribution in [2.45, 2.75) is 11.5 Å². The Labute approximate surface area is 155 Å². The van der Waals surface area contributed by atoms with Gasteiger partial charge in [-0.15, -0.1) is 0 Å². The smallest absolute Gasteiger partial charge is 0.338 e. The summed E-state index contributed by atoms with van der Waals surface area (Å²) in [7, 11) is -1.27. The Bertz CT molecular complexity index is 848. The van der Waals surface area contributed by atoms with E-state index in [0.717, 1.165) is 4.47 Å². The standard InChI is InChI=1S/C16H15Cl2NO5S/c1-19(23-2)25(21,22)12-8-6-11(7-9-12)16(20)24-10-13-14(17)4-3-5-15(13)18/h3-9H,10H2,1-2H3. The van der Waals surface area contributed by atoms with Crippen molar-refractivity contribution in [3.8, 4) is 0 Å². The highest BCUT2D eigenvalue weighted by Gasteiger charge is 2.21. The van der Waals surface area contributed by atoms with Crippen molar-refractivity contribution < 1.29 is 22.8 Å². The number of carbonyl (C=O) groups is 1. The van der Waals surface area contributed by atoms with Crippen LogP contribution in [0.5, 0.6) is 0 Å². The van der Waals surface area contributed by atoms with Crippen LogP contribution in [0, 0.1) is 0 Å². The van der Waals surface area contributed by atoms with Gasteiger partial charge in [-0.3, -0.25) is 4.84 Å². The average Bonchev–Trinajstić information content (AvgIpc) is 2.60. The summed E-state index contributed by atoms with van der Waals surface area (Å²) in [5.41, 5.74) is 0.697. The quantitative estimate of drug-likeness (QED) is 0.544. The van der Waals surface area contributed by atoms with Crippen LogP contribution in [0.25, 0.3) is 0 Å². The SMILES string of the molecule is CON(C)S(=O)(=O)c1ccc(C(=O)OCc2c(Cl)cccc2Cl)cc1. The zero-order valence-electron chi connectivity index (χ0n) is 13.4. The lowest BCUT2D eigenvalue weighted by Gasteiger charge is -2.14. The number of hydrogen-bond acceptors (Lipinski definition) is 5. The van der Waals surface area contributed by atoms with Crippen LogP contribution in [0.15, 0.2) is 47.4 Å². The van der Waals surface area contributed by atoms with Gasteiger partial charge in [-0.2, -0.15) is 0 Å². The van der Waals surface area contributed by atoms with Crippen molar-refractivity contribution in [2.24, 2.45) is 0 Å². The number of rotatable bonds is 6. The average molecular weight is 404 g/mol. The van der Waals surface area contributed by atoms with Crippen LogP contribution in [-0.2, 0) is 26.2 Å². The molecule has 0 saturated carbocycles. The number of benzene rings is 2. The van der Waals surface area contributed by atoms with Crippen LogP contribution in [0.4, 0.5) is 0 Å². The fraction of sp³-hybridized carbons (Fsp3) is 0.188. The zero-order chi connectivity index (χ0) is 18.6. The van der Waals surface area contributed by atoms with E-state index in [9.17, 15) is 13.2 Å². The van der Waals surface area contributed by atoms with E-state index in [4.69, 9.17) is 27.9 Å². The van der Waals surface area contributed by atoms with Gasteiger partial charge in [0.15, 0.2) is 0 Å². The van der Waals surface area contributed by atoms with E-state index in [2.05, 4.69) is 4.84 Å². The Morgan fingerprint density at radius 1 is 1.08 bits per heavy atom. The molecule has 0 bridgehead atoms. The number of esters is 1. The van der Waals surface area contributed by atoms with Gasteiger partial charge >= 0.3 is 5.97 Å². The molecule has 0 amide bonds. The van der Waals surface area contributed by atoms with Crippen molar-refractivity contribution in [2.75, 3.05) is 14.2 Å². The monoisotopic (exact) mass is 403 g/mol. The highest BCUT2D eigenvalue weighted by atomic mass is 35.5. The van der Waals surface area contributed by atoms with E-state index in [0.29, 0.717) is 15.6 Å². The van der Waals surface area contributed by atoms with Gasteiger partial charge in [0.25, 0.3) is 10.0 Å². The number of halogens is 2. The highest BCUT2D eigenvalue weighted by Crippen LogP contribution is 2.25. The molecule has 0 aliphatic rings. The minimum atomic E-state index is -3.77. The van der Waals surface area contributed by atoms with Crippen LogP contribution < -0.4 is 0 Å². The molecule has 2 rings (SSSR count). The van der Waals surface area contributed by atoms with E-state index in [1.165, 1.54) is 38.4 Å². The zero-order valence-corrected chi connectivity index (χ0v) is 15.7. The summed E-state index contributed by atoms with van der Waals surface area (Å²) >= 11 is 12.0. The first-order valence-electron chi connectivity index (χ1n) is 7.00. The molecule has 0 heterocycles. The summed E-state index contributed by atoms with van der Waals surface area (Å²) < 4.78 is 30.1. The van der Waals surface area contributed by atoms with Gasteiger partial charge < -0.3 is 4.74 Å². The molecule has 0 aliphatic carbocycles. The maximum absolute atomic E-state index is 12.1. The van der Waals surface area contributed by atoms with Gasteiger partial charge in [0.1, 0.15) is 6.61 Å². The molecule has 0 aromatic heterocycles. The summed E-state index contributed by atoms with van der Waals surface area (Å²) in [5, 5.41) is 0.786. The maximum Gasteiger partial charge on any atom is 0.338 e. The number of ether oxygens (including phenoxy) is 1. The first-order valence-corrected chi connectivity index (χ1v) is 9.20. The third-order valence-corrected chi connectivity index (χ3v) is 5.79. The molecule has 25 heavy (non-hydrogen) atoms. The van der Waals surface area contributed by atoms with Gasteiger partial charge in [-0.1, -0.05) is 33.7 Å². The molecule has 0 unspecified atom stereocenters. The van der Waals surface area contributed by atoms with Gasteiger partial charge in [-0.05, 0) is 36.4 Å². The first-order chi connectivity index (χ1) is 11.8. The summed E-state index contributed by atoms with van der Waals surface area (Å²) in [6.07, 6.45) is 0. The molecular weight excluding hydrogens is 389 g/mol. The minimum Gasteiger partial charge on any atom is -0.457 e. The molecule has 0 saturated heterocycles. The second kappa shape index (κ2) is 8.16. The van der Waals surface area contributed by atoms with Gasteiger partial charge in [0, 0.05) is 22.7 Å². The second-order valence-corrected chi connectivity index (χ2v) is 7.65. The molecular formula is C16H15Cl2NO5S. The van der Waals surface area contributed by atoms with Crippen molar-refractivity contribution in [3.05, 3.63) is 63.6 Å². The van der Waals surface area contributed by atoms with Crippen molar-refractivity contribution in [1.82, 2.24) is 4.47 Å². The normalized spacial score (nSPS) is 11.6. The van der Waals surface area contributed by atoms with Gasteiger partial charge in [-0.25, -0.2) is 13.2 Å². The Morgan fingerprint density at radius 2 is 1.64 bits per heavy atom. The number of carbonyl (C=O) groups excluding carboxylic acids is 1. The highest BCUT2D eigenvalue weighted by molar-refractivity contribution is 7.89. The molecule has 0 atom stereocenters. The van der Waals surface area contributed by atoms with Crippen LogP contribution in [-0.4, -0.2) is 33.0 Å². The van der Waals surface area contributed by atoms with Crippen LogP contribution in [0.2, 0.25) is 10.0 Å². The van der Waals surface area contributed by atoms with E-state index in [1.54, 1.807) is 18.2 Å². The molecule has 0 spiro atoms. The molecule has 0 N–H and O–H groups in total. The lowest BCUT2D eigenvalue weighted by atomic mass is 10.2. The van der Waals surface area contributed by atoms with Crippen LogP contribution >= 0.6 is 23.2 Å². The molecule has 134 valence electrons. The maximum atomic E-state index is 12.1. The van der Waals surface area contributed by atoms with Crippen molar-refractivity contribution >= 4 is 39.2 Å². The van der Waals surface area contributed by atoms with E-state index in [1.807, 2.05) is 0 Å². The van der Waals surface area contributed by atoms with Crippen LogP contribution in [0.1, 0.15) is 15.9 Å². The predicted molar refractivity (Wildman–Crippen MR) is 94.0 cm³/mol. The topological polar surface area (TPSA) is 72.9 Å². The fourth-order valence-electron chi connectivity index (χ4n) is 1.90. The number of nitrogens with zero attached hydrogens (tertiary/aromatic N) is 1. The van der Waals surface area contributed by atoms with E-state index in [-0.39, 0.29) is 17.1 Å². The van der Waals surface area contributed by atoms with E-state index < -0.39 is 16.0 Å². The van der Waals surface area contributed by atoms with Crippen LogP contribution in [0.3, 0.4) is 0 Å². The lowest BCUT2D eigenvalue weighted by molar-refractivity contribution is -0.0258. The molecule has 0 aliphatic heterocycles. The molecule has 0 radical (unpaired) electrons. The van der Waals surface area contributed by atoms with Gasteiger partial charge in [0.05, 0.1) is 17.6 Å². The Morgan fingerprint density at radius 3 is 2.16 bits per heavy atom. The molecule has 2 aromatic carbocycles. The van der Waals surface area contributed by atoms with Crippen molar-refractivity contribution in [3.63, 3.8) is 0 Å². The first kappa shape index (κ1) is 19.7. The summed E-state index contributed by atoms with van der Waals surface area (Å²) in [5.74, 6) is -0.625. The molecule has 9 heteroatoms. The molecule has 0 fully saturated rings. The third kappa shape index (κ3) is 4.50. The molecule has 6 nitrogen and oxygen atoms in total. The Kier molecular flexibility index (Phi) is 6.42. The predicted octanol–water partition coefficient (Wildman–Crippen LogP) is 3.53. The lowest BCUT2D eigenvalue weighted by Crippen LogP contribution is -2.25.